The molecule has 4 rings (SSSR count). The highest BCUT2D eigenvalue weighted by molar-refractivity contribution is 5.90. The quantitative estimate of drug-likeness (QED) is 0.400. The fourth-order valence-corrected chi connectivity index (χ4v) is 3.49. The zero-order chi connectivity index (χ0) is 23.3. The number of rotatable bonds is 7. The topological polar surface area (TPSA) is 131 Å². The molecule has 0 aliphatic rings. The maximum atomic E-state index is 12.6. The van der Waals surface area contributed by atoms with Crippen LogP contribution in [0.2, 0.25) is 0 Å². The Morgan fingerprint density at radius 3 is 2.75 bits per heavy atom. The number of fused-ring (bicyclic) bond motifs is 2. The van der Waals surface area contributed by atoms with E-state index in [0.29, 0.717) is 48.9 Å². The van der Waals surface area contributed by atoms with Crippen molar-refractivity contribution < 1.29 is 5.11 Å². The molecule has 0 aliphatic heterocycles. The number of nitrogens with two attached hydrogens (primary N) is 1. The van der Waals surface area contributed by atoms with Gasteiger partial charge in [-0.25, -0.2) is 19.3 Å². The van der Waals surface area contributed by atoms with E-state index in [2.05, 4.69) is 28.9 Å². The van der Waals surface area contributed by atoms with Crippen LogP contribution in [0.25, 0.3) is 27.9 Å². The van der Waals surface area contributed by atoms with Crippen molar-refractivity contribution in [1.29, 1.82) is 0 Å². The maximum Gasteiger partial charge on any atom is 0.333 e. The van der Waals surface area contributed by atoms with E-state index in [1.165, 1.54) is 11.0 Å². The molecule has 10 nitrogen and oxygen atoms in total. The van der Waals surface area contributed by atoms with Gasteiger partial charge < -0.3 is 15.7 Å². The first-order valence-electron chi connectivity index (χ1n) is 10.9. The van der Waals surface area contributed by atoms with Crippen molar-refractivity contribution in [2.24, 2.45) is 12.8 Å². The molecule has 4 aromatic rings. The molecule has 0 amide bonds. The number of aliphatic hydroxyl groups excluding tert-OH is 1. The molecule has 0 radical (unpaired) electrons. The third kappa shape index (κ3) is 4.81. The van der Waals surface area contributed by atoms with Crippen LogP contribution in [0.5, 0.6) is 0 Å². The number of H-pyrrole nitrogens is 1. The highest BCUT2D eigenvalue weighted by Gasteiger charge is 2.19. The third-order valence-electron chi connectivity index (χ3n) is 4.88. The van der Waals surface area contributed by atoms with Gasteiger partial charge in [0.05, 0.1) is 17.8 Å². The summed E-state index contributed by atoms with van der Waals surface area (Å²) in [5.41, 5.74) is 7.52. The summed E-state index contributed by atoms with van der Waals surface area (Å²) in [6.45, 7) is 7.58. The van der Waals surface area contributed by atoms with E-state index in [-0.39, 0.29) is 5.69 Å². The molecule has 1 unspecified atom stereocenters. The molecule has 0 spiro atoms. The fourth-order valence-electron chi connectivity index (χ4n) is 3.49. The van der Waals surface area contributed by atoms with Crippen molar-refractivity contribution in [2.75, 3.05) is 24.5 Å². The van der Waals surface area contributed by atoms with Gasteiger partial charge in [-0.1, -0.05) is 20.3 Å². The van der Waals surface area contributed by atoms with E-state index < -0.39 is 6.10 Å². The van der Waals surface area contributed by atoms with Crippen molar-refractivity contribution >= 4 is 27.9 Å². The van der Waals surface area contributed by atoms with Gasteiger partial charge in [-0.15, -0.1) is 0 Å². The summed E-state index contributed by atoms with van der Waals surface area (Å²) < 4.78 is 3.26. The number of aromatic nitrogens is 6. The Bertz CT molecular complexity index is 1220. The van der Waals surface area contributed by atoms with E-state index >= 15 is 0 Å². The van der Waals surface area contributed by atoms with Crippen molar-refractivity contribution in [3.8, 4) is 5.82 Å². The lowest BCUT2D eigenvalue weighted by molar-refractivity contribution is 0.186. The molecule has 4 heterocycles. The molecule has 0 aromatic carbocycles. The molecule has 0 saturated heterocycles. The van der Waals surface area contributed by atoms with Crippen LogP contribution < -0.4 is 16.3 Å². The summed E-state index contributed by atoms with van der Waals surface area (Å²) in [5.74, 6) is 1.15. The molecular formula is C22H32N8O2. The molecule has 0 aliphatic carbocycles. The normalized spacial score (nSPS) is 12.1. The Labute approximate surface area is 186 Å². The Hall–Kier alpha value is -3.24. The minimum absolute atomic E-state index is 0.310. The lowest BCUT2D eigenvalue weighted by atomic mass is 10.2. The number of aromatic amines is 1. The predicted molar refractivity (Wildman–Crippen MR) is 127 cm³/mol. The Morgan fingerprint density at radius 2 is 2.06 bits per heavy atom. The van der Waals surface area contributed by atoms with Crippen LogP contribution >= 0.6 is 0 Å². The number of hydrogen-bond donors (Lipinski definition) is 3. The number of hydrogen-bond acceptors (Lipinski definition) is 7. The second-order valence-electron chi connectivity index (χ2n) is 7.77. The van der Waals surface area contributed by atoms with Crippen molar-refractivity contribution in [2.45, 2.75) is 39.7 Å². The van der Waals surface area contributed by atoms with Crippen LogP contribution in [0, 0.1) is 0 Å². The van der Waals surface area contributed by atoms with Crippen LogP contribution in [-0.4, -0.2) is 60.1 Å². The highest BCUT2D eigenvalue weighted by Crippen LogP contribution is 2.27. The van der Waals surface area contributed by atoms with E-state index in [1.807, 2.05) is 24.1 Å². The van der Waals surface area contributed by atoms with Crippen LogP contribution in [0.15, 0.2) is 35.4 Å². The lowest BCUT2D eigenvalue weighted by Gasteiger charge is -2.25. The van der Waals surface area contributed by atoms with E-state index in [9.17, 15) is 9.90 Å². The van der Waals surface area contributed by atoms with Gasteiger partial charge in [0.2, 0.25) is 0 Å². The summed E-state index contributed by atoms with van der Waals surface area (Å²) in [6, 6.07) is 5.43. The van der Waals surface area contributed by atoms with Crippen LogP contribution in [0.4, 0.5) is 5.82 Å². The second-order valence-corrected chi connectivity index (χ2v) is 7.77. The van der Waals surface area contributed by atoms with Gasteiger partial charge in [-0.3, -0.25) is 9.67 Å². The predicted octanol–water partition coefficient (Wildman–Crippen LogP) is 1.95. The van der Waals surface area contributed by atoms with Crippen LogP contribution in [-0.2, 0) is 7.05 Å². The molecule has 0 bridgehead atoms. The Balaban J connectivity index is 0.000000913. The average molecular weight is 441 g/mol. The molecule has 4 N–H and O–H groups in total. The molecule has 32 heavy (non-hydrogen) atoms. The third-order valence-corrected chi connectivity index (χ3v) is 4.88. The van der Waals surface area contributed by atoms with Gasteiger partial charge >= 0.3 is 5.69 Å². The number of aryl methyl sites for hydroxylation is 1. The summed E-state index contributed by atoms with van der Waals surface area (Å²) >= 11 is 0. The standard InChI is InChI=1S/C19H24N8O2.C3H8/c1-12(28)5-8-26(9-6-20)18-16-13(11-22-25(16)2)10-15(23-18)27-14-4-3-7-21-17(14)24-19(27)29;1-3-2/h3-4,7,10-12,28H,5-6,8-9,20H2,1-2H3,(H,21,24,29);3H2,1-2H3. The number of aliphatic hydroxyl groups is 1. The molecular weight excluding hydrogens is 408 g/mol. The maximum absolute atomic E-state index is 12.6. The molecule has 0 fully saturated rings. The van der Waals surface area contributed by atoms with Gasteiger partial charge in [0, 0.05) is 38.3 Å². The number of nitrogens with zero attached hydrogens (tertiary/aromatic N) is 6. The zero-order valence-corrected chi connectivity index (χ0v) is 19.1. The van der Waals surface area contributed by atoms with E-state index in [1.54, 1.807) is 30.1 Å². The van der Waals surface area contributed by atoms with Crippen LogP contribution in [0.1, 0.15) is 33.6 Å². The van der Waals surface area contributed by atoms with Gasteiger partial charge in [0.25, 0.3) is 0 Å². The number of pyridine rings is 2. The molecule has 0 saturated carbocycles. The first-order valence-corrected chi connectivity index (χ1v) is 10.9. The first kappa shape index (κ1) is 23.4. The summed E-state index contributed by atoms with van der Waals surface area (Å²) in [5, 5.41) is 15.0. The highest BCUT2D eigenvalue weighted by atomic mass is 16.3. The first-order chi connectivity index (χ1) is 15.4. The van der Waals surface area contributed by atoms with Crippen molar-refractivity contribution in [3.05, 3.63) is 41.1 Å². The molecule has 1 atom stereocenters. The Kier molecular flexibility index (Phi) is 7.60. The summed E-state index contributed by atoms with van der Waals surface area (Å²) in [4.78, 5) is 26.5. The minimum atomic E-state index is -0.442. The molecule has 4 aromatic heterocycles. The number of imidazole rings is 1. The largest absolute Gasteiger partial charge is 0.393 e. The second kappa shape index (κ2) is 10.4. The summed E-state index contributed by atoms with van der Waals surface area (Å²) in [6.07, 6.45) is 4.76. The van der Waals surface area contributed by atoms with Crippen molar-refractivity contribution in [3.63, 3.8) is 0 Å². The SMILES string of the molecule is CC(O)CCN(CCN)c1nc(-n2c(=O)[nH]c3ncccc32)cc2cnn(C)c12.CCC. The Morgan fingerprint density at radius 1 is 1.31 bits per heavy atom. The minimum Gasteiger partial charge on any atom is -0.393 e. The smallest absolute Gasteiger partial charge is 0.333 e. The molecule has 172 valence electrons. The summed E-state index contributed by atoms with van der Waals surface area (Å²) in [7, 11) is 1.85. The average Bonchev–Trinajstić information content (AvgIpc) is 3.30. The van der Waals surface area contributed by atoms with E-state index in [4.69, 9.17) is 10.7 Å². The van der Waals surface area contributed by atoms with Gasteiger partial charge in [-0.2, -0.15) is 5.10 Å². The lowest BCUT2D eigenvalue weighted by Crippen LogP contribution is -2.33. The fraction of sp³-hybridized carbons (Fsp3) is 0.455. The van der Waals surface area contributed by atoms with Crippen molar-refractivity contribution in [1.82, 2.24) is 29.3 Å². The van der Waals surface area contributed by atoms with Gasteiger partial charge in [-0.05, 0) is 31.5 Å². The van der Waals surface area contributed by atoms with Gasteiger partial charge in [0.1, 0.15) is 11.3 Å². The number of nitrogens with one attached hydrogen (secondary N) is 1. The number of anilines is 1. The molecule has 10 heteroatoms. The van der Waals surface area contributed by atoms with Gasteiger partial charge in [0.15, 0.2) is 11.5 Å². The monoisotopic (exact) mass is 440 g/mol. The van der Waals surface area contributed by atoms with Crippen LogP contribution in [0.3, 0.4) is 0 Å². The zero-order valence-electron chi connectivity index (χ0n) is 19.1. The van der Waals surface area contributed by atoms with E-state index in [0.717, 1.165) is 10.9 Å².